The molecule has 42 heavy (non-hydrogen) atoms. The molecular formula is C38H29N3O. The van der Waals surface area contributed by atoms with E-state index in [4.69, 9.17) is 9.41 Å². The molecule has 2 aromatic heterocycles. The van der Waals surface area contributed by atoms with Crippen LogP contribution in [0.15, 0.2) is 137 Å². The van der Waals surface area contributed by atoms with Gasteiger partial charge in [-0.3, -0.25) is 9.98 Å². The van der Waals surface area contributed by atoms with Gasteiger partial charge in [-0.1, -0.05) is 86.6 Å². The lowest BCUT2D eigenvalue weighted by Gasteiger charge is -2.30. The number of benzene rings is 4. The Balaban J connectivity index is 1.32. The van der Waals surface area contributed by atoms with E-state index in [1.807, 2.05) is 30.5 Å². The lowest BCUT2D eigenvalue weighted by Crippen LogP contribution is -2.26. The molecule has 0 radical (unpaired) electrons. The number of hydrogen-bond donors (Lipinski definition) is 1. The molecular weight excluding hydrogens is 514 g/mol. The number of nitrogens with one attached hydrogen (secondary N) is 1. The molecule has 202 valence electrons. The summed E-state index contributed by atoms with van der Waals surface area (Å²) in [5.74, 6) is 0. The van der Waals surface area contributed by atoms with Crippen molar-refractivity contribution in [2.24, 2.45) is 4.99 Å². The number of nitrogens with zero attached hydrogens (tertiary/aromatic N) is 2. The second-order valence-electron chi connectivity index (χ2n) is 11.5. The summed E-state index contributed by atoms with van der Waals surface area (Å²) in [6, 6.07) is 38.5. The summed E-state index contributed by atoms with van der Waals surface area (Å²) in [4.78, 5) is 9.69. The van der Waals surface area contributed by atoms with Gasteiger partial charge in [-0.05, 0) is 87.0 Å². The van der Waals surface area contributed by atoms with Crippen LogP contribution in [-0.2, 0) is 5.41 Å². The predicted molar refractivity (Wildman–Crippen MR) is 170 cm³/mol. The monoisotopic (exact) mass is 543 g/mol. The molecule has 2 aliphatic rings. The minimum absolute atomic E-state index is 0.217. The molecule has 4 nitrogen and oxygen atoms in total. The van der Waals surface area contributed by atoms with E-state index in [-0.39, 0.29) is 11.6 Å². The van der Waals surface area contributed by atoms with Gasteiger partial charge in [0.1, 0.15) is 11.7 Å². The van der Waals surface area contributed by atoms with Crippen LogP contribution >= 0.6 is 0 Å². The van der Waals surface area contributed by atoms with E-state index in [9.17, 15) is 0 Å². The number of pyridine rings is 1. The Morgan fingerprint density at radius 1 is 0.714 bits per heavy atom. The maximum absolute atomic E-state index is 5.84. The van der Waals surface area contributed by atoms with E-state index in [2.05, 4.69) is 115 Å². The number of aromatic nitrogens is 1. The van der Waals surface area contributed by atoms with Crippen LogP contribution in [0.25, 0.3) is 38.9 Å². The normalized spacial score (nSPS) is 16.8. The molecule has 0 saturated carbocycles. The second kappa shape index (κ2) is 9.42. The van der Waals surface area contributed by atoms with Crippen molar-refractivity contribution >= 4 is 22.4 Å². The van der Waals surface area contributed by atoms with Gasteiger partial charge >= 0.3 is 0 Å². The van der Waals surface area contributed by atoms with Crippen LogP contribution in [0.5, 0.6) is 0 Å². The highest BCUT2D eigenvalue weighted by atomic mass is 16.3. The van der Waals surface area contributed by atoms with Crippen molar-refractivity contribution in [2.45, 2.75) is 25.4 Å². The van der Waals surface area contributed by atoms with Crippen molar-refractivity contribution in [3.8, 4) is 22.3 Å². The fourth-order valence-corrected chi connectivity index (χ4v) is 6.46. The lowest BCUT2D eigenvalue weighted by molar-refractivity contribution is 0.614. The predicted octanol–water partition coefficient (Wildman–Crippen LogP) is 8.93. The van der Waals surface area contributed by atoms with E-state index in [0.29, 0.717) is 0 Å². The first-order valence-corrected chi connectivity index (χ1v) is 14.3. The van der Waals surface area contributed by atoms with E-state index in [0.717, 1.165) is 39.2 Å². The van der Waals surface area contributed by atoms with E-state index < -0.39 is 0 Å². The minimum atomic E-state index is -0.267. The largest absolute Gasteiger partial charge is 0.464 e. The Labute approximate surface area is 245 Å². The van der Waals surface area contributed by atoms with Crippen LogP contribution in [0.2, 0.25) is 0 Å². The van der Waals surface area contributed by atoms with Crippen LogP contribution in [0.3, 0.4) is 0 Å². The van der Waals surface area contributed by atoms with Gasteiger partial charge in [-0.25, -0.2) is 0 Å². The number of hydrogen-bond acceptors (Lipinski definition) is 4. The summed E-state index contributed by atoms with van der Waals surface area (Å²) >= 11 is 0. The molecule has 3 heterocycles. The molecule has 0 fully saturated rings. The Morgan fingerprint density at radius 3 is 2.29 bits per heavy atom. The molecule has 0 bridgehead atoms. The summed E-state index contributed by atoms with van der Waals surface area (Å²) in [5, 5.41) is 4.85. The quantitative estimate of drug-likeness (QED) is 0.242. The molecule has 0 spiro atoms. The fraction of sp³-hybridized carbons (Fsp3) is 0.105. The van der Waals surface area contributed by atoms with E-state index >= 15 is 0 Å². The van der Waals surface area contributed by atoms with Gasteiger partial charge in [0.25, 0.3) is 0 Å². The SMILES string of the molecule is CC1(C)c2cc(C3=CC(c4ccccn4)=NC(c4ccccc4)N3)ccc2-c2ccccc2-c2cc3occc3cc21. The summed E-state index contributed by atoms with van der Waals surface area (Å²) in [6.45, 7) is 4.67. The standard InChI is InChI=1S/C38H29N3O/c1-38(2)31-20-25(34-23-35(33-14-8-9-18-39-33)41-37(40-34)24-10-4-3-5-11-24)15-16-29(31)27-12-6-7-13-28(27)30-22-36-26(17-19-42-36)21-32(30)38/h3-23,37,40H,1-2H3. The van der Waals surface area contributed by atoms with E-state index in [1.165, 1.54) is 33.4 Å². The molecule has 8 rings (SSSR count). The number of furan rings is 1. The Hall–Kier alpha value is -5.22. The molecule has 1 N–H and O–H groups in total. The number of fused-ring (bicyclic) bond motifs is 6. The van der Waals surface area contributed by atoms with Crippen molar-refractivity contribution in [3.63, 3.8) is 0 Å². The van der Waals surface area contributed by atoms with Crippen LogP contribution < -0.4 is 5.32 Å². The molecule has 1 unspecified atom stereocenters. The van der Waals surface area contributed by atoms with Gasteiger partial charge in [0.2, 0.25) is 0 Å². The van der Waals surface area contributed by atoms with Gasteiger partial charge < -0.3 is 9.73 Å². The smallest absolute Gasteiger partial charge is 0.145 e. The average molecular weight is 544 g/mol. The van der Waals surface area contributed by atoms with Gasteiger partial charge in [-0.15, -0.1) is 0 Å². The van der Waals surface area contributed by atoms with Crippen molar-refractivity contribution in [1.82, 2.24) is 10.3 Å². The van der Waals surface area contributed by atoms with Crippen molar-refractivity contribution in [2.75, 3.05) is 0 Å². The first-order valence-electron chi connectivity index (χ1n) is 14.3. The average Bonchev–Trinajstić information content (AvgIpc) is 3.50. The molecule has 0 saturated heterocycles. The van der Waals surface area contributed by atoms with Crippen molar-refractivity contribution in [3.05, 3.63) is 156 Å². The molecule has 1 atom stereocenters. The highest BCUT2D eigenvalue weighted by molar-refractivity contribution is 6.12. The van der Waals surface area contributed by atoms with Gasteiger partial charge in [-0.2, -0.15) is 0 Å². The number of allylic oxidation sites excluding steroid dienone is 1. The molecule has 1 aliphatic heterocycles. The first-order chi connectivity index (χ1) is 20.6. The molecule has 4 heteroatoms. The van der Waals surface area contributed by atoms with Crippen LogP contribution in [0, 0.1) is 0 Å². The van der Waals surface area contributed by atoms with Crippen LogP contribution in [0.1, 0.15) is 48.0 Å². The zero-order valence-corrected chi connectivity index (χ0v) is 23.5. The number of rotatable bonds is 3. The Kier molecular flexibility index (Phi) is 5.51. The fourth-order valence-electron chi connectivity index (χ4n) is 6.46. The zero-order valence-electron chi connectivity index (χ0n) is 23.5. The third-order valence-electron chi connectivity index (χ3n) is 8.66. The summed E-state index contributed by atoms with van der Waals surface area (Å²) < 4.78 is 5.84. The van der Waals surface area contributed by atoms with Crippen LogP contribution in [-0.4, -0.2) is 10.7 Å². The maximum atomic E-state index is 5.84. The maximum Gasteiger partial charge on any atom is 0.145 e. The van der Waals surface area contributed by atoms with E-state index in [1.54, 1.807) is 6.26 Å². The molecule has 1 aliphatic carbocycles. The van der Waals surface area contributed by atoms with Crippen LogP contribution in [0.4, 0.5) is 0 Å². The Bertz CT molecular complexity index is 2030. The molecule has 4 aromatic carbocycles. The molecule has 6 aromatic rings. The van der Waals surface area contributed by atoms with Gasteiger partial charge in [0, 0.05) is 22.7 Å². The summed E-state index contributed by atoms with van der Waals surface area (Å²) in [7, 11) is 0. The van der Waals surface area contributed by atoms with Gasteiger partial charge in [0.05, 0.1) is 17.7 Å². The summed E-state index contributed by atoms with van der Waals surface area (Å²) in [6.07, 6.45) is 5.51. The Morgan fingerprint density at radius 2 is 1.48 bits per heavy atom. The number of aliphatic imine (C=N–C) groups is 1. The topological polar surface area (TPSA) is 50.4 Å². The third kappa shape index (κ3) is 3.91. The molecule has 0 amide bonds. The van der Waals surface area contributed by atoms with Crippen molar-refractivity contribution in [1.29, 1.82) is 0 Å². The van der Waals surface area contributed by atoms with Gasteiger partial charge in [0.15, 0.2) is 0 Å². The highest BCUT2D eigenvalue weighted by Gasteiger charge is 2.34. The minimum Gasteiger partial charge on any atom is -0.464 e. The van der Waals surface area contributed by atoms with Crippen molar-refractivity contribution < 1.29 is 4.42 Å². The highest BCUT2D eigenvalue weighted by Crippen LogP contribution is 2.50. The lowest BCUT2D eigenvalue weighted by atomic mass is 9.74. The first kappa shape index (κ1) is 24.6. The second-order valence-corrected chi connectivity index (χ2v) is 11.5. The third-order valence-corrected chi connectivity index (χ3v) is 8.66. The zero-order chi connectivity index (χ0) is 28.3. The summed E-state index contributed by atoms with van der Waals surface area (Å²) in [5.41, 5.74) is 13.2.